The molecule has 3 N–H and O–H groups in total. The van der Waals surface area contributed by atoms with Gasteiger partial charge in [-0.05, 0) is 61.1 Å². The number of aromatic nitrogens is 1. The predicted octanol–water partition coefficient (Wildman–Crippen LogP) is 2.91. The zero-order chi connectivity index (χ0) is 19.0. The predicted molar refractivity (Wildman–Crippen MR) is 113 cm³/mol. The van der Waals surface area contributed by atoms with Crippen LogP contribution in [0.2, 0.25) is 0 Å². The van der Waals surface area contributed by atoms with Crippen molar-refractivity contribution in [2.75, 3.05) is 24.5 Å². The van der Waals surface area contributed by atoms with Crippen molar-refractivity contribution in [2.45, 2.75) is 32.2 Å². The molecule has 0 radical (unpaired) electrons. The van der Waals surface area contributed by atoms with Gasteiger partial charge in [0.25, 0.3) is 5.56 Å². The molecule has 150 valence electrons. The van der Waals surface area contributed by atoms with Gasteiger partial charge in [0.05, 0.1) is 5.69 Å². The zero-order valence-corrected chi connectivity index (χ0v) is 16.7. The molecule has 1 aromatic heterocycles. The van der Waals surface area contributed by atoms with E-state index in [0.29, 0.717) is 18.2 Å². The molecule has 0 amide bonds. The third kappa shape index (κ3) is 3.80. The number of pyridine rings is 1. The summed E-state index contributed by atoms with van der Waals surface area (Å²) in [5.74, 6) is -0.470. The number of aromatic amines is 1. The quantitative estimate of drug-likeness (QED) is 0.730. The number of fused-ring (bicyclic) bond motifs is 1. The molecule has 1 aromatic carbocycles. The largest absolute Gasteiger partial charge is 0.477 e. The fraction of sp³-hybridized carbons (Fsp3) is 0.429. The fourth-order valence-corrected chi connectivity index (χ4v) is 4.36. The number of carboxylic acid groups (broad SMARTS) is 1. The SMILES string of the molecule is CCc1cc(C(=O)O)c(=O)[nH]c1-c1ccc(N2CC3CCCNC3C2)cc1.Cl. The number of aryl methyl sites for hydroxylation is 1. The lowest BCUT2D eigenvalue weighted by Gasteiger charge is -2.24. The van der Waals surface area contributed by atoms with Gasteiger partial charge in [-0.2, -0.15) is 0 Å². The van der Waals surface area contributed by atoms with E-state index in [0.717, 1.165) is 36.7 Å². The Morgan fingerprint density at radius 2 is 2.00 bits per heavy atom. The number of benzene rings is 1. The third-order valence-electron chi connectivity index (χ3n) is 5.85. The Balaban J connectivity index is 0.00000225. The Hall–Kier alpha value is -2.31. The highest BCUT2D eigenvalue weighted by atomic mass is 35.5. The minimum Gasteiger partial charge on any atom is -0.477 e. The number of carbonyl (C=O) groups is 1. The summed E-state index contributed by atoms with van der Waals surface area (Å²) in [6.45, 7) is 5.19. The van der Waals surface area contributed by atoms with Gasteiger partial charge in [-0.25, -0.2) is 4.79 Å². The Kier molecular flexibility index (Phi) is 6.10. The van der Waals surface area contributed by atoms with Crippen LogP contribution in [0.3, 0.4) is 0 Å². The van der Waals surface area contributed by atoms with Crippen LogP contribution in [0.25, 0.3) is 11.3 Å². The molecular formula is C21H26ClN3O3. The van der Waals surface area contributed by atoms with Crippen LogP contribution in [0.4, 0.5) is 5.69 Å². The van der Waals surface area contributed by atoms with Gasteiger partial charge in [0.1, 0.15) is 5.56 Å². The maximum atomic E-state index is 12.1. The second-order valence-electron chi connectivity index (χ2n) is 7.49. The van der Waals surface area contributed by atoms with Gasteiger partial charge in [0.15, 0.2) is 0 Å². The smallest absolute Gasteiger partial charge is 0.341 e. The fourth-order valence-electron chi connectivity index (χ4n) is 4.36. The van der Waals surface area contributed by atoms with Crippen LogP contribution >= 0.6 is 12.4 Å². The Labute approximate surface area is 170 Å². The van der Waals surface area contributed by atoms with Crippen LogP contribution < -0.4 is 15.8 Å². The zero-order valence-electron chi connectivity index (χ0n) is 15.9. The van der Waals surface area contributed by atoms with Gasteiger partial charge in [-0.3, -0.25) is 4.79 Å². The van der Waals surface area contributed by atoms with Crippen molar-refractivity contribution in [3.8, 4) is 11.3 Å². The van der Waals surface area contributed by atoms with Crippen molar-refractivity contribution in [3.05, 3.63) is 51.8 Å². The molecule has 6 nitrogen and oxygen atoms in total. The minimum absolute atomic E-state index is 0. The number of carboxylic acids is 1. The molecule has 2 atom stereocenters. The molecule has 2 unspecified atom stereocenters. The number of halogens is 1. The van der Waals surface area contributed by atoms with E-state index < -0.39 is 11.5 Å². The normalized spacial score (nSPS) is 21.1. The van der Waals surface area contributed by atoms with Gasteiger partial charge in [0.2, 0.25) is 0 Å². The molecule has 3 heterocycles. The lowest BCUT2D eigenvalue weighted by atomic mass is 9.94. The summed E-state index contributed by atoms with van der Waals surface area (Å²) in [6, 6.07) is 10.3. The number of H-pyrrole nitrogens is 1. The molecule has 0 saturated carbocycles. The molecule has 7 heteroatoms. The first-order valence-electron chi connectivity index (χ1n) is 9.65. The van der Waals surface area contributed by atoms with Crippen LogP contribution in [0.15, 0.2) is 35.1 Å². The monoisotopic (exact) mass is 403 g/mol. The van der Waals surface area contributed by atoms with Crippen LogP contribution in [0, 0.1) is 5.92 Å². The van der Waals surface area contributed by atoms with Gasteiger partial charge >= 0.3 is 5.97 Å². The second kappa shape index (κ2) is 8.37. The molecule has 2 fully saturated rings. The number of rotatable bonds is 4. The number of anilines is 1. The summed E-state index contributed by atoms with van der Waals surface area (Å²) < 4.78 is 0. The van der Waals surface area contributed by atoms with E-state index in [1.807, 2.05) is 19.1 Å². The number of hydrogen-bond donors (Lipinski definition) is 3. The van der Waals surface area contributed by atoms with E-state index in [4.69, 9.17) is 5.11 Å². The van der Waals surface area contributed by atoms with Crippen LogP contribution in [0.5, 0.6) is 0 Å². The highest BCUT2D eigenvalue weighted by molar-refractivity contribution is 5.88. The summed E-state index contributed by atoms with van der Waals surface area (Å²) in [5, 5.41) is 12.8. The lowest BCUT2D eigenvalue weighted by Crippen LogP contribution is -2.40. The van der Waals surface area contributed by atoms with Crippen molar-refractivity contribution in [3.63, 3.8) is 0 Å². The molecule has 2 aromatic rings. The van der Waals surface area contributed by atoms with Crippen LogP contribution in [0.1, 0.15) is 35.7 Å². The average molecular weight is 404 g/mol. The maximum absolute atomic E-state index is 12.1. The van der Waals surface area contributed by atoms with Crippen molar-refractivity contribution in [1.29, 1.82) is 0 Å². The maximum Gasteiger partial charge on any atom is 0.341 e. The van der Waals surface area contributed by atoms with E-state index >= 15 is 0 Å². The molecule has 2 aliphatic rings. The highest BCUT2D eigenvalue weighted by Gasteiger charge is 2.34. The third-order valence-corrected chi connectivity index (χ3v) is 5.85. The minimum atomic E-state index is -1.20. The van der Waals surface area contributed by atoms with Crippen LogP contribution in [-0.4, -0.2) is 41.7 Å². The summed E-state index contributed by atoms with van der Waals surface area (Å²) in [4.78, 5) is 28.5. The van der Waals surface area contributed by atoms with Crippen molar-refractivity contribution in [2.24, 2.45) is 5.92 Å². The Morgan fingerprint density at radius 1 is 1.25 bits per heavy atom. The van der Waals surface area contributed by atoms with Crippen molar-refractivity contribution in [1.82, 2.24) is 10.3 Å². The molecule has 28 heavy (non-hydrogen) atoms. The molecule has 0 aliphatic carbocycles. The van der Waals surface area contributed by atoms with Gasteiger partial charge in [-0.15, -0.1) is 12.4 Å². The second-order valence-corrected chi connectivity index (χ2v) is 7.49. The van der Waals surface area contributed by atoms with E-state index in [-0.39, 0.29) is 18.0 Å². The van der Waals surface area contributed by atoms with E-state index in [2.05, 4.69) is 27.3 Å². The summed E-state index contributed by atoms with van der Waals surface area (Å²) in [7, 11) is 0. The van der Waals surface area contributed by atoms with Gasteiger partial charge in [-0.1, -0.05) is 19.1 Å². The van der Waals surface area contributed by atoms with Gasteiger partial charge in [0, 0.05) is 24.8 Å². The molecular weight excluding hydrogens is 378 g/mol. The van der Waals surface area contributed by atoms with E-state index in [9.17, 15) is 9.59 Å². The topological polar surface area (TPSA) is 85.4 Å². The first-order chi connectivity index (χ1) is 13.1. The van der Waals surface area contributed by atoms with Gasteiger partial charge < -0.3 is 20.3 Å². The van der Waals surface area contributed by atoms with E-state index in [1.54, 1.807) is 0 Å². The van der Waals surface area contributed by atoms with Crippen molar-refractivity contribution < 1.29 is 9.90 Å². The first-order valence-corrected chi connectivity index (χ1v) is 9.65. The number of nitrogens with zero attached hydrogens (tertiary/aromatic N) is 1. The standard InChI is InChI=1S/C21H25N3O3.ClH/c1-2-13-10-17(21(26)27)20(25)23-19(13)14-5-7-16(8-6-14)24-11-15-4-3-9-22-18(15)12-24;/h5-8,10,15,18,22H,2-4,9,11-12H2,1H3,(H,23,25)(H,26,27);1H. The summed E-state index contributed by atoms with van der Waals surface area (Å²) in [5.41, 5.74) is 2.86. The van der Waals surface area contributed by atoms with Crippen LogP contribution in [-0.2, 0) is 6.42 Å². The molecule has 2 aliphatic heterocycles. The number of aromatic carboxylic acids is 1. The Bertz CT molecular complexity index is 896. The average Bonchev–Trinajstić information content (AvgIpc) is 3.12. The molecule has 0 spiro atoms. The number of nitrogens with one attached hydrogen (secondary N) is 2. The first kappa shape index (κ1) is 20.4. The molecule has 0 bridgehead atoms. The summed E-state index contributed by atoms with van der Waals surface area (Å²) in [6.07, 6.45) is 3.20. The molecule has 4 rings (SSSR count). The highest BCUT2D eigenvalue weighted by Crippen LogP contribution is 2.31. The lowest BCUT2D eigenvalue weighted by molar-refractivity contribution is 0.0695. The Morgan fingerprint density at radius 3 is 2.64 bits per heavy atom. The van der Waals surface area contributed by atoms with Crippen molar-refractivity contribution >= 4 is 24.1 Å². The number of piperidine rings is 1. The number of hydrogen-bond acceptors (Lipinski definition) is 4. The summed E-state index contributed by atoms with van der Waals surface area (Å²) >= 11 is 0. The molecule has 2 saturated heterocycles. The van der Waals surface area contributed by atoms with E-state index in [1.165, 1.54) is 24.6 Å².